The van der Waals surface area contributed by atoms with E-state index >= 15 is 0 Å². The Morgan fingerprint density at radius 3 is 2.21 bits per heavy atom. The van der Waals surface area contributed by atoms with Gasteiger partial charge in [-0.25, -0.2) is 15.0 Å². The lowest BCUT2D eigenvalue weighted by atomic mass is 10.0. The first-order valence-electron chi connectivity index (χ1n) is 9.37. The van der Waals surface area contributed by atoms with Crippen LogP contribution in [-0.4, -0.2) is 75.2 Å². The first kappa shape index (κ1) is 21.5. The topological polar surface area (TPSA) is 120 Å². The lowest BCUT2D eigenvalue weighted by molar-refractivity contribution is -0.123. The molecule has 2 aliphatic heterocycles. The fraction of sp³-hybridized carbons (Fsp3) is 0.526. The second-order valence-electron chi connectivity index (χ2n) is 6.69. The van der Waals surface area contributed by atoms with Crippen molar-refractivity contribution in [2.45, 2.75) is 38.6 Å². The van der Waals surface area contributed by atoms with Gasteiger partial charge in [-0.1, -0.05) is 0 Å². The molecule has 9 heteroatoms. The van der Waals surface area contributed by atoms with E-state index in [0.717, 1.165) is 41.7 Å². The van der Waals surface area contributed by atoms with Gasteiger partial charge in [-0.3, -0.25) is 9.59 Å². The molecular formula is C19H27N5O4. The van der Waals surface area contributed by atoms with Crippen molar-refractivity contribution in [3.05, 3.63) is 24.2 Å². The molecule has 2 fully saturated rings. The van der Waals surface area contributed by atoms with Crippen LogP contribution in [0.3, 0.4) is 0 Å². The fourth-order valence-corrected chi connectivity index (χ4v) is 3.81. The molecular weight excluding hydrogens is 362 g/mol. The maximum Gasteiger partial charge on any atom is 0.290 e. The van der Waals surface area contributed by atoms with Gasteiger partial charge in [-0.15, -0.1) is 0 Å². The van der Waals surface area contributed by atoms with E-state index in [-0.39, 0.29) is 12.9 Å². The molecule has 0 unspecified atom stereocenters. The number of carboxylic acid groups (broad SMARTS) is 2. The smallest absolute Gasteiger partial charge is 0.290 e. The molecule has 2 aliphatic rings. The molecule has 4 rings (SSSR count). The minimum Gasteiger partial charge on any atom is -0.483 e. The highest BCUT2D eigenvalue weighted by atomic mass is 16.3. The lowest BCUT2D eigenvalue weighted by Crippen LogP contribution is -2.44. The highest BCUT2D eigenvalue weighted by Crippen LogP contribution is 2.27. The summed E-state index contributed by atoms with van der Waals surface area (Å²) in [5.74, 6) is 1.01. The van der Waals surface area contributed by atoms with Gasteiger partial charge in [0.15, 0.2) is 5.82 Å². The summed E-state index contributed by atoms with van der Waals surface area (Å²) in [5.41, 5.74) is 2.91. The van der Waals surface area contributed by atoms with Gasteiger partial charge < -0.3 is 20.0 Å². The summed E-state index contributed by atoms with van der Waals surface area (Å²) in [7, 11) is 0. The van der Waals surface area contributed by atoms with Gasteiger partial charge in [-0.05, 0) is 57.8 Å². The molecule has 2 aromatic heterocycles. The van der Waals surface area contributed by atoms with Crippen LogP contribution in [0.4, 0.5) is 5.82 Å². The van der Waals surface area contributed by atoms with Crippen LogP contribution in [0.25, 0.3) is 11.0 Å². The molecule has 28 heavy (non-hydrogen) atoms. The van der Waals surface area contributed by atoms with E-state index in [1.54, 1.807) is 6.33 Å². The minimum atomic E-state index is -0.250. The molecule has 2 aromatic rings. The molecule has 152 valence electrons. The zero-order valence-corrected chi connectivity index (χ0v) is 16.1. The third-order valence-corrected chi connectivity index (χ3v) is 5.02. The Morgan fingerprint density at radius 1 is 1.00 bits per heavy atom. The Morgan fingerprint density at radius 2 is 1.61 bits per heavy atom. The molecule has 2 N–H and O–H groups in total. The second-order valence-corrected chi connectivity index (χ2v) is 6.69. The van der Waals surface area contributed by atoms with Gasteiger partial charge >= 0.3 is 0 Å². The predicted octanol–water partition coefficient (Wildman–Crippen LogP) is 1.80. The van der Waals surface area contributed by atoms with Crippen LogP contribution in [0.5, 0.6) is 0 Å². The highest BCUT2D eigenvalue weighted by molar-refractivity contribution is 5.85. The molecule has 0 spiro atoms. The predicted molar refractivity (Wildman–Crippen MR) is 105 cm³/mol. The number of hydrogen-bond acceptors (Lipinski definition) is 7. The zero-order chi connectivity index (χ0) is 20.4. The van der Waals surface area contributed by atoms with Crippen LogP contribution in [0.2, 0.25) is 0 Å². The SMILES string of the molecule is Cc1ccc2ncnc(N3CCC(N4CCCC4)CC3)c2n1.O=CO.O=CO. The first-order valence-corrected chi connectivity index (χ1v) is 9.37. The number of hydrogen-bond donors (Lipinski definition) is 2. The molecule has 0 amide bonds. The van der Waals surface area contributed by atoms with E-state index in [0.29, 0.717) is 0 Å². The van der Waals surface area contributed by atoms with Gasteiger partial charge in [0.05, 0.1) is 5.52 Å². The number of rotatable bonds is 2. The van der Waals surface area contributed by atoms with Crippen LogP contribution in [0.1, 0.15) is 31.4 Å². The average Bonchev–Trinajstić information content (AvgIpc) is 3.24. The number of aryl methyl sites for hydroxylation is 1. The normalized spacial score (nSPS) is 17.2. The number of anilines is 1. The summed E-state index contributed by atoms with van der Waals surface area (Å²) in [4.78, 5) is 35.3. The van der Waals surface area contributed by atoms with Gasteiger partial charge in [0.25, 0.3) is 12.9 Å². The molecule has 4 heterocycles. The van der Waals surface area contributed by atoms with Gasteiger partial charge in [0, 0.05) is 24.8 Å². The Kier molecular flexibility index (Phi) is 8.54. The number of fused-ring (bicyclic) bond motifs is 1. The van der Waals surface area contributed by atoms with Crippen molar-refractivity contribution in [3.63, 3.8) is 0 Å². The molecule has 0 radical (unpaired) electrons. The largest absolute Gasteiger partial charge is 0.483 e. The van der Waals surface area contributed by atoms with Crippen molar-refractivity contribution in [3.8, 4) is 0 Å². The fourth-order valence-electron chi connectivity index (χ4n) is 3.81. The van der Waals surface area contributed by atoms with Gasteiger partial charge in [0.1, 0.15) is 11.8 Å². The van der Waals surface area contributed by atoms with E-state index < -0.39 is 0 Å². The summed E-state index contributed by atoms with van der Waals surface area (Å²) in [5, 5.41) is 13.8. The average molecular weight is 389 g/mol. The van der Waals surface area contributed by atoms with Crippen molar-refractivity contribution in [1.82, 2.24) is 19.9 Å². The van der Waals surface area contributed by atoms with E-state index in [9.17, 15) is 0 Å². The highest BCUT2D eigenvalue weighted by Gasteiger charge is 2.27. The first-order chi connectivity index (χ1) is 13.6. The number of carbonyl (C=O) groups is 2. The third kappa shape index (κ3) is 5.59. The zero-order valence-electron chi connectivity index (χ0n) is 16.1. The van der Waals surface area contributed by atoms with Crippen molar-refractivity contribution in [2.24, 2.45) is 0 Å². The summed E-state index contributed by atoms with van der Waals surface area (Å²) >= 11 is 0. The molecule has 9 nitrogen and oxygen atoms in total. The molecule has 0 aromatic carbocycles. The Balaban J connectivity index is 0.000000418. The van der Waals surface area contributed by atoms with Crippen LogP contribution >= 0.6 is 0 Å². The van der Waals surface area contributed by atoms with Crippen molar-refractivity contribution in [2.75, 3.05) is 31.1 Å². The lowest BCUT2D eigenvalue weighted by Gasteiger charge is -2.37. The van der Waals surface area contributed by atoms with Crippen molar-refractivity contribution < 1.29 is 19.8 Å². The molecule has 0 bridgehead atoms. The van der Waals surface area contributed by atoms with Crippen LogP contribution in [-0.2, 0) is 9.59 Å². The van der Waals surface area contributed by atoms with Crippen LogP contribution in [0, 0.1) is 6.92 Å². The molecule has 2 saturated heterocycles. The standard InChI is InChI=1S/C17H23N5.2CH2O2/c1-13-4-5-15-16(20-13)17(19-12-18-15)22-10-6-14(7-11-22)21-8-2-3-9-21;2*2-1-3/h4-5,12,14H,2-3,6-11H2,1H3;2*1H,(H,2,3). The van der Waals surface area contributed by atoms with Gasteiger partial charge in [0.2, 0.25) is 0 Å². The van der Waals surface area contributed by atoms with E-state index in [2.05, 4.69) is 24.8 Å². The number of likely N-dealkylation sites (tertiary alicyclic amines) is 1. The van der Waals surface area contributed by atoms with Crippen LogP contribution in [0.15, 0.2) is 18.5 Å². The number of pyridine rings is 1. The number of aromatic nitrogens is 3. The monoisotopic (exact) mass is 389 g/mol. The number of piperidine rings is 1. The second kappa shape index (κ2) is 11.1. The van der Waals surface area contributed by atoms with Crippen molar-refractivity contribution >= 4 is 29.8 Å². The van der Waals surface area contributed by atoms with Gasteiger partial charge in [-0.2, -0.15) is 0 Å². The molecule has 0 aliphatic carbocycles. The molecule has 0 atom stereocenters. The van der Waals surface area contributed by atoms with E-state index in [4.69, 9.17) is 19.8 Å². The summed E-state index contributed by atoms with van der Waals surface area (Å²) in [6.45, 7) is 6.26. The number of nitrogens with zero attached hydrogens (tertiary/aromatic N) is 5. The Bertz CT molecular complexity index is 753. The maximum absolute atomic E-state index is 8.36. The Labute approximate surface area is 164 Å². The quantitative estimate of drug-likeness (QED) is 0.741. The summed E-state index contributed by atoms with van der Waals surface area (Å²) < 4.78 is 0. The third-order valence-electron chi connectivity index (χ3n) is 5.02. The maximum atomic E-state index is 8.36. The Hall–Kier alpha value is -2.81. The minimum absolute atomic E-state index is 0.250. The van der Waals surface area contributed by atoms with Crippen molar-refractivity contribution in [1.29, 1.82) is 0 Å². The summed E-state index contributed by atoms with van der Waals surface area (Å²) in [6.07, 6.45) is 6.88. The summed E-state index contributed by atoms with van der Waals surface area (Å²) in [6, 6.07) is 4.82. The molecule has 0 saturated carbocycles. The van der Waals surface area contributed by atoms with E-state index in [1.165, 1.54) is 38.8 Å². The van der Waals surface area contributed by atoms with Crippen LogP contribution < -0.4 is 4.90 Å². The van der Waals surface area contributed by atoms with E-state index in [1.807, 2.05) is 19.1 Å².